The van der Waals surface area contributed by atoms with E-state index in [-0.39, 0.29) is 18.6 Å². The van der Waals surface area contributed by atoms with Crippen LogP contribution in [-0.2, 0) is 9.47 Å². The Morgan fingerprint density at radius 1 is 1.05 bits per heavy atom. The predicted molar refractivity (Wildman–Crippen MR) is 84.3 cm³/mol. The number of ether oxygens (including phenoxy) is 2. The SMILES string of the molecule is Cc1ccc2cc(C3OC(C)OC3n3ccnc3)ccc2c1. The van der Waals surface area contributed by atoms with Crippen molar-refractivity contribution in [1.29, 1.82) is 0 Å². The summed E-state index contributed by atoms with van der Waals surface area (Å²) in [6.07, 6.45) is 4.89. The van der Waals surface area contributed by atoms with E-state index in [1.807, 2.05) is 17.7 Å². The fraction of sp³-hybridized carbons (Fsp3) is 0.278. The lowest BCUT2D eigenvalue weighted by molar-refractivity contribution is -0.0608. The van der Waals surface area contributed by atoms with Gasteiger partial charge < -0.3 is 14.0 Å². The van der Waals surface area contributed by atoms with Crippen molar-refractivity contribution in [3.63, 3.8) is 0 Å². The molecule has 0 saturated carbocycles. The van der Waals surface area contributed by atoms with E-state index >= 15 is 0 Å². The largest absolute Gasteiger partial charge is 0.340 e. The maximum atomic E-state index is 5.99. The number of nitrogens with zero attached hydrogens (tertiary/aromatic N) is 2. The summed E-state index contributed by atoms with van der Waals surface area (Å²) in [4.78, 5) is 4.11. The van der Waals surface area contributed by atoms with Gasteiger partial charge >= 0.3 is 0 Å². The van der Waals surface area contributed by atoms with Gasteiger partial charge in [-0.15, -0.1) is 0 Å². The molecule has 0 N–H and O–H groups in total. The Labute approximate surface area is 129 Å². The lowest BCUT2D eigenvalue weighted by Crippen LogP contribution is -2.13. The van der Waals surface area contributed by atoms with Crippen LogP contribution in [0.1, 0.15) is 30.4 Å². The van der Waals surface area contributed by atoms with E-state index in [0.717, 1.165) is 5.56 Å². The molecule has 1 aliphatic rings. The molecule has 1 fully saturated rings. The van der Waals surface area contributed by atoms with Crippen molar-refractivity contribution in [3.8, 4) is 0 Å². The first-order chi connectivity index (χ1) is 10.7. The first kappa shape index (κ1) is 13.5. The van der Waals surface area contributed by atoms with Gasteiger partial charge in [-0.05, 0) is 36.2 Å². The topological polar surface area (TPSA) is 36.3 Å². The average molecular weight is 294 g/mol. The van der Waals surface area contributed by atoms with Gasteiger partial charge in [0, 0.05) is 12.4 Å². The van der Waals surface area contributed by atoms with Crippen molar-refractivity contribution in [2.45, 2.75) is 32.5 Å². The van der Waals surface area contributed by atoms with E-state index in [9.17, 15) is 0 Å². The number of hydrogen-bond donors (Lipinski definition) is 0. The van der Waals surface area contributed by atoms with Gasteiger partial charge in [-0.25, -0.2) is 4.98 Å². The second kappa shape index (κ2) is 5.23. The summed E-state index contributed by atoms with van der Waals surface area (Å²) in [5.74, 6) is 0. The fourth-order valence-corrected chi connectivity index (χ4v) is 3.02. The van der Waals surface area contributed by atoms with Gasteiger partial charge in [-0.3, -0.25) is 0 Å². The number of rotatable bonds is 2. The van der Waals surface area contributed by atoms with E-state index in [1.165, 1.54) is 16.3 Å². The molecule has 0 aliphatic carbocycles. The van der Waals surface area contributed by atoms with Crippen LogP contribution in [0.3, 0.4) is 0 Å². The number of aryl methyl sites for hydroxylation is 1. The molecule has 2 heterocycles. The summed E-state index contributed by atoms with van der Waals surface area (Å²) < 4.78 is 13.8. The Kier molecular flexibility index (Phi) is 3.21. The van der Waals surface area contributed by atoms with Crippen LogP contribution in [0.15, 0.2) is 55.1 Å². The summed E-state index contributed by atoms with van der Waals surface area (Å²) in [5.41, 5.74) is 2.39. The van der Waals surface area contributed by atoms with E-state index in [2.05, 4.69) is 48.3 Å². The van der Waals surface area contributed by atoms with Gasteiger partial charge in [0.05, 0.1) is 6.33 Å². The second-order valence-corrected chi connectivity index (χ2v) is 5.77. The van der Waals surface area contributed by atoms with Crippen LogP contribution < -0.4 is 0 Å². The van der Waals surface area contributed by atoms with Gasteiger partial charge in [0.2, 0.25) is 0 Å². The molecule has 0 spiro atoms. The smallest absolute Gasteiger partial charge is 0.168 e. The maximum absolute atomic E-state index is 5.99. The molecule has 0 bridgehead atoms. The fourth-order valence-electron chi connectivity index (χ4n) is 3.02. The first-order valence-electron chi connectivity index (χ1n) is 7.49. The van der Waals surface area contributed by atoms with Crippen molar-refractivity contribution in [2.24, 2.45) is 0 Å². The lowest BCUT2D eigenvalue weighted by Gasteiger charge is -2.18. The summed E-state index contributed by atoms with van der Waals surface area (Å²) in [5, 5.41) is 2.46. The van der Waals surface area contributed by atoms with Crippen LogP contribution in [0.25, 0.3) is 10.8 Å². The highest BCUT2D eigenvalue weighted by Crippen LogP contribution is 2.39. The zero-order chi connectivity index (χ0) is 15.1. The zero-order valence-electron chi connectivity index (χ0n) is 12.6. The van der Waals surface area contributed by atoms with Crippen LogP contribution in [0, 0.1) is 6.92 Å². The van der Waals surface area contributed by atoms with Gasteiger partial charge in [0.15, 0.2) is 12.5 Å². The van der Waals surface area contributed by atoms with Crippen LogP contribution in [-0.4, -0.2) is 15.8 Å². The molecule has 0 radical (unpaired) electrons. The molecule has 4 rings (SSSR count). The number of aromatic nitrogens is 2. The first-order valence-corrected chi connectivity index (χ1v) is 7.49. The third-order valence-electron chi connectivity index (χ3n) is 4.10. The molecule has 22 heavy (non-hydrogen) atoms. The molecule has 1 aliphatic heterocycles. The minimum Gasteiger partial charge on any atom is -0.340 e. The van der Waals surface area contributed by atoms with Crippen molar-refractivity contribution < 1.29 is 9.47 Å². The van der Waals surface area contributed by atoms with Crippen LogP contribution in [0.5, 0.6) is 0 Å². The van der Waals surface area contributed by atoms with E-state index in [0.29, 0.717) is 0 Å². The number of fused-ring (bicyclic) bond motifs is 1. The van der Waals surface area contributed by atoms with E-state index < -0.39 is 0 Å². The van der Waals surface area contributed by atoms with Crippen LogP contribution in [0.2, 0.25) is 0 Å². The monoisotopic (exact) mass is 294 g/mol. The highest BCUT2D eigenvalue weighted by atomic mass is 16.7. The molecular weight excluding hydrogens is 276 g/mol. The van der Waals surface area contributed by atoms with Crippen molar-refractivity contribution in [3.05, 3.63) is 66.2 Å². The lowest BCUT2D eigenvalue weighted by atomic mass is 10.0. The third-order valence-corrected chi connectivity index (χ3v) is 4.10. The standard InChI is InChI=1S/C18H18N2O2/c1-12-3-4-15-10-16(6-5-14(15)9-12)17-18(22-13(2)21-17)20-8-7-19-11-20/h3-11,13,17-18H,1-2H3. The van der Waals surface area contributed by atoms with Gasteiger partial charge in [0.25, 0.3) is 0 Å². The quantitative estimate of drug-likeness (QED) is 0.717. The highest BCUT2D eigenvalue weighted by molar-refractivity contribution is 5.83. The van der Waals surface area contributed by atoms with E-state index in [1.54, 1.807) is 12.5 Å². The van der Waals surface area contributed by atoms with Crippen molar-refractivity contribution in [1.82, 2.24) is 9.55 Å². The summed E-state index contributed by atoms with van der Waals surface area (Å²) in [6, 6.07) is 12.9. The predicted octanol–water partition coefficient (Wildman–Crippen LogP) is 3.98. The second-order valence-electron chi connectivity index (χ2n) is 5.77. The molecule has 0 amide bonds. The number of imidazole rings is 1. The Hall–Kier alpha value is -2.17. The minimum absolute atomic E-state index is 0.130. The Bertz CT molecular complexity index is 798. The summed E-state index contributed by atoms with van der Waals surface area (Å²) >= 11 is 0. The highest BCUT2D eigenvalue weighted by Gasteiger charge is 2.36. The molecular formula is C18H18N2O2. The molecule has 4 heteroatoms. The van der Waals surface area contributed by atoms with Crippen molar-refractivity contribution >= 4 is 10.8 Å². The molecule has 4 nitrogen and oxygen atoms in total. The maximum Gasteiger partial charge on any atom is 0.168 e. The molecule has 3 unspecified atom stereocenters. The summed E-state index contributed by atoms with van der Waals surface area (Å²) in [6.45, 7) is 4.03. The van der Waals surface area contributed by atoms with Crippen molar-refractivity contribution in [2.75, 3.05) is 0 Å². The Morgan fingerprint density at radius 2 is 1.86 bits per heavy atom. The van der Waals surface area contributed by atoms with Gasteiger partial charge in [0.1, 0.15) is 6.10 Å². The molecule has 112 valence electrons. The van der Waals surface area contributed by atoms with Crippen LogP contribution in [0.4, 0.5) is 0 Å². The van der Waals surface area contributed by atoms with Gasteiger partial charge in [-0.2, -0.15) is 0 Å². The minimum atomic E-state index is -0.230. The Balaban J connectivity index is 1.74. The third kappa shape index (κ3) is 2.30. The molecule has 1 saturated heterocycles. The van der Waals surface area contributed by atoms with Gasteiger partial charge in [-0.1, -0.05) is 35.9 Å². The molecule has 3 aromatic rings. The molecule has 1 aromatic heterocycles. The molecule has 2 aromatic carbocycles. The molecule has 3 atom stereocenters. The number of benzene rings is 2. The number of hydrogen-bond acceptors (Lipinski definition) is 3. The zero-order valence-corrected chi connectivity index (χ0v) is 12.6. The average Bonchev–Trinajstić information content (AvgIpc) is 3.15. The normalized spacial score (nSPS) is 24.9. The van der Waals surface area contributed by atoms with Crippen LogP contribution >= 0.6 is 0 Å². The van der Waals surface area contributed by atoms with E-state index in [4.69, 9.17) is 9.47 Å². The summed E-state index contributed by atoms with van der Waals surface area (Å²) in [7, 11) is 0. The Morgan fingerprint density at radius 3 is 2.68 bits per heavy atom.